The number of likely N-dealkylation sites (tertiary alicyclic amines) is 1. The molecular formula is C20H27N2O4S+. The van der Waals surface area contributed by atoms with Gasteiger partial charge in [-0.15, -0.1) is 11.3 Å². The third-order valence-electron chi connectivity index (χ3n) is 4.93. The van der Waals surface area contributed by atoms with Crippen LogP contribution in [-0.4, -0.2) is 44.9 Å². The van der Waals surface area contributed by atoms with E-state index in [2.05, 4.69) is 5.38 Å². The molecule has 0 aliphatic carbocycles. The van der Waals surface area contributed by atoms with Crippen LogP contribution in [0.1, 0.15) is 25.5 Å². The summed E-state index contributed by atoms with van der Waals surface area (Å²) in [5, 5.41) is 3.04. The van der Waals surface area contributed by atoms with E-state index in [9.17, 15) is 4.79 Å². The molecule has 146 valence electrons. The fraction of sp³-hybridized carbons (Fsp3) is 0.500. The number of esters is 1. The maximum Gasteiger partial charge on any atom is 0.309 e. The molecule has 0 bridgehead atoms. The first-order chi connectivity index (χ1) is 13.2. The summed E-state index contributed by atoms with van der Waals surface area (Å²) >= 11 is 1.62. The number of methoxy groups -OCH3 is 2. The number of para-hydroxylation sites is 1. The summed E-state index contributed by atoms with van der Waals surface area (Å²) in [7, 11) is 3.28. The van der Waals surface area contributed by atoms with Crippen molar-refractivity contribution in [3.63, 3.8) is 0 Å². The lowest BCUT2D eigenvalue weighted by atomic mass is 9.97. The highest BCUT2D eigenvalue weighted by atomic mass is 32.1. The van der Waals surface area contributed by atoms with E-state index in [1.807, 2.05) is 25.1 Å². The Hall–Kier alpha value is -2.12. The number of piperidine rings is 1. The molecule has 0 spiro atoms. The monoisotopic (exact) mass is 391 g/mol. The molecule has 0 unspecified atom stereocenters. The Morgan fingerprint density at radius 3 is 2.70 bits per heavy atom. The summed E-state index contributed by atoms with van der Waals surface area (Å²) in [5.74, 6) is 1.43. The van der Waals surface area contributed by atoms with E-state index in [0.717, 1.165) is 48.7 Å². The summed E-state index contributed by atoms with van der Waals surface area (Å²) in [5.41, 5.74) is 2.02. The van der Waals surface area contributed by atoms with Crippen LogP contribution in [0.2, 0.25) is 0 Å². The summed E-state index contributed by atoms with van der Waals surface area (Å²) < 4.78 is 16.1. The van der Waals surface area contributed by atoms with Gasteiger partial charge in [-0.25, -0.2) is 4.98 Å². The number of carbonyl (C=O) groups is 1. The third-order valence-corrected chi connectivity index (χ3v) is 5.85. The zero-order valence-electron chi connectivity index (χ0n) is 16.1. The molecule has 27 heavy (non-hydrogen) atoms. The van der Waals surface area contributed by atoms with E-state index in [-0.39, 0.29) is 11.9 Å². The molecule has 1 aliphatic rings. The Morgan fingerprint density at radius 1 is 1.26 bits per heavy atom. The average molecular weight is 392 g/mol. The molecule has 0 radical (unpaired) electrons. The average Bonchev–Trinajstić information content (AvgIpc) is 3.16. The molecule has 2 aromatic rings. The standard InChI is InChI=1S/C20H26N2O4S/c1-4-26-20(23)14-8-10-22(11-9-14)12-15-13-27-19(21-15)16-6-5-7-17(24-2)18(16)25-3/h5-7,13-14H,4,8-12H2,1-3H3/p+1. The summed E-state index contributed by atoms with van der Waals surface area (Å²) in [6, 6.07) is 5.83. The zero-order chi connectivity index (χ0) is 19.2. The number of nitrogens with zero attached hydrogens (tertiary/aromatic N) is 1. The molecule has 1 saturated heterocycles. The fourth-order valence-electron chi connectivity index (χ4n) is 3.52. The van der Waals surface area contributed by atoms with Crippen molar-refractivity contribution in [2.24, 2.45) is 5.92 Å². The predicted octanol–water partition coefficient (Wildman–Crippen LogP) is 2.19. The largest absolute Gasteiger partial charge is 0.493 e. The molecule has 0 atom stereocenters. The summed E-state index contributed by atoms with van der Waals surface area (Å²) in [6.07, 6.45) is 1.77. The smallest absolute Gasteiger partial charge is 0.309 e. The van der Waals surface area contributed by atoms with Gasteiger partial charge in [-0.3, -0.25) is 4.79 Å². The van der Waals surface area contributed by atoms with Crippen LogP contribution < -0.4 is 14.4 Å². The second kappa shape index (κ2) is 9.19. The summed E-state index contributed by atoms with van der Waals surface area (Å²) in [6.45, 7) is 5.13. The van der Waals surface area contributed by atoms with Gasteiger partial charge in [-0.05, 0) is 19.1 Å². The Kier molecular flexibility index (Phi) is 6.68. The molecule has 2 heterocycles. The molecule has 6 nitrogen and oxygen atoms in total. The van der Waals surface area contributed by atoms with Gasteiger partial charge in [-0.2, -0.15) is 0 Å². The van der Waals surface area contributed by atoms with E-state index in [4.69, 9.17) is 19.2 Å². The Balaban J connectivity index is 1.64. The highest BCUT2D eigenvalue weighted by Crippen LogP contribution is 2.38. The van der Waals surface area contributed by atoms with Gasteiger partial charge in [0.05, 0.1) is 45.4 Å². The first-order valence-corrected chi connectivity index (χ1v) is 10.2. The molecule has 1 N–H and O–H groups in total. The lowest BCUT2D eigenvalue weighted by molar-refractivity contribution is -0.919. The van der Waals surface area contributed by atoms with E-state index in [0.29, 0.717) is 18.1 Å². The van der Waals surface area contributed by atoms with Crippen molar-refractivity contribution < 1.29 is 23.9 Å². The number of hydrogen-bond acceptors (Lipinski definition) is 6. The maximum atomic E-state index is 11.9. The number of rotatable bonds is 7. The van der Waals surface area contributed by atoms with Crippen LogP contribution in [0, 0.1) is 5.92 Å². The Labute approximate surface area is 164 Å². The highest BCUT2D eigenvalue weighted by molar-refractivity contribution is 7.13. The van der Waals surface area contributed by atoms with Crippen molar-refractivity contribution in [1.29, 1.82) is 0 Å². The van der Waals surface area contributed by atoms with Crippen molar-refractivity contribution in [1.82, 2.24) is 4.98 Å². The first-order valence-electron chi connectivity index (χ1n) is 9.32. The molecule has 1 aromatic carbocycles. The molecule has 3 rings (SSSR count). The molecule has 0 amide bonds. The van der Waals surface area contributed by atoms with Gasteiger partial charge in [-0.1, -0.05) is 6.07 Å². The second-order valence-electron chi connectivity index (χ2n) is 6.64. The molecule has 1 fully saturated rings. The van der Waals surface area contributed by atoms with Crippen molar-refractivity contribution in [2.45, 2.75) is 26.3 Å². The Bertz CT molecular complexity index is 769. The van der Waals surface area contributed by atoms with Crippen molar-refractivity contribution in [2.75, 3.05) is 33.9 Å². The van der Waals surface area contributed by atoms with Gasteiger partial charge in [0, 0.05) is 18.2 Å². The van der Waals surface area contributed by atoms with Crippen molar-refractivity contribution in [3.8, 4) is 22.1 Å². The van der Waals surface area contributed by atoms with Crippen LogP contribution in [0.15, 0.2) is 23.6 Å². The van der Waals surface area contributed by atoms with E-state index < -0.39 is 0 Å². The first kappa shape index (κ1) is 19.6. The van der Waals surface area contributed by atoms with Crippen LogP contribution in [0.25, 0.3) is 10.6 Å². The lowest BCUT2D eigenvalue weighted by Gasteiger charge is -2.27. The summed E-state index contributed by atoms with van der Waals surface area (Å²) in [4.78, 5) is 18.1. The minimum absolute atomic E-state index is 0.0439. The third kappa shape index (κ3) is 4.59. The number of quaternary nitrogens is 1. The number of aromatic nitrogens is 1. The SMILES string of the molecule is CCOC(=O)C1CC[NH+](Cc2csc(-c3cccc(OC)c3OC)n2)CC1. The van der Waals surface area contributed by atoms with Crippen LogP contribution >= 0.6 is 11.3 Å². The Morgan fingerprint density at radius 2 is 2.04 bits per heavy atom. The van der Waals surface area contributed by atoms with E-state index in [1.54, 1.807) is 25.6 Å². The topological polar surface area (TPSA) is 62.1 Å². The van der Waals surface area contributed by atoms with Crippen molar-refractivity contribution >= 4 is 17.3 Å². The zero-order valence-corrected chi connectivity index (χ0v) is 16.9. The van der Waals surface area contributed by atoms with Gasteiger partial charge < -0.3 is 19.1 Å². The van der Waals surface area contributed by atoms with Gasteiger partial charge in [0.2, 0.25) is 0 Å². The van der Waals surface area contributed by atoms with Gasteiger partial charge in [0.1, 0.15) is 17.2 Å². The van der Waals surface area contributed by atoms with Crippen LogP contribution in [0.4, 0.5) is 0 Å². The van der Waals surface area contributed by atoms with Crippen molar-refractivity contribution in [3.05, 3.63) is 29.3 Å². The second-order valence-corrected chi connectivity index (χ2v) is 7.50. The number of thiazole rings is 1. The maximum absolute atomic E-state index is 11.9. The molecule has 0 saturated carbocycles. The minimum Gasteiger partial charge on any atom is -0.493 e. The predicted molar refractivity (Wildman–Crippen MR) is 104 cm³/mol. The van der Waals surface area contributed by atoms with Gasteiger partial charge >= 0.3 is 5.97 Å². The number of benzene rings is 1. The quantitative estimate of drug-likeness (QED) is 0.733. The number of carbonyl (C=O) groups excluding carboxylic acids is 1. The lowest BCUT2D eigenvalue weighted by Crippen LogP contribution is -3.11. The highest BCUT2D eigenvalue weighted by Gasteiger charge is 2.28. The number of ether oxygens (including phenoxy) is 3. The van der Waals surface area contributed by atoms with Crippen LogP contribution in [-0.2, 0) is 16.1 Å². The molecule has 1 aromatic heterocycles. The van der Waals surface area contributed by atoms with E-state index in [1.165, 1.54) is 4.90 Å². The van der Waals surface area contributed by atoms with E-state index >= 15 is 0 Å². The minimum atomic E-state index is -0.0439. The normalized spacial score (nSPS) is 19.5. The molecule has 7 heteroatoms. The van der Waals surface area contributed by atoms with Crippen LogP contribution in [0.3, 0.4) is 0 Å². The molecule has 1 aliphatic heterocycles. The number of hydrogen-bond donors (Lipinski definition) is 1. The van der Waals surface area contributed by atoms with Crippen LogP contribution in [0.5, 0.6) is 11.5 Å². The van der Waals surface area contributed by atoms with Gasteiger partial charge in [0.25, 0.3) is 0 Å². The number of nitrogens with one attached hydrogen (secondary N) is 1. The fourth-order valence-corrected chi connectivity index (χ4v) is 4.36. The van der Waals surface area contributed by atoms with Gasteiger partial charge in [0.15, 0.2) is 11.5 Å². The molecular weight excluding hydrogens is 364 g/mol.